The van der Waals surface area contributed by atoms with E-state index < -0.39 is 11.4 Å². The summed E-state index contributed by atoms with van der Waals surface area (Å²) in [6, 6.07) is 14.8. The average molecular weight is 518 g/mol. The largest absolute Gasteiger partial charge is 0.460 e. The second kappa shape index (κ2) is 10.2. The average Bonchev–Trinajstić information content (AvgIpc) is 3.66. The maximum Gasteiger partial charge on any atom is 0.308 e. The molecule has 38 heavy (non-hydrogen) atoms. The van der Waals surface area contributed by atoms with Gasteiger partial charge in [-0.05, 0) is 71.2 Å². The molecule has 3 aromatic rings. The van der Waals surface area contributed by atoms with Gasteiger partial charge in [-0.25, -0.2) is 4.39 Å². The fraction of sp³-hybridized carbons (Fsp3) is 0.438. The Morgan fingerprint density at radius 3 is 2.50 bits per heavy atom. The molecule has 0 unspecified atom stereocenters. The van der Waals surface area contributed by atoms with E-state index in [1.807, 2.05) is 65.0 Å². The first kappa shape index (κ1) is 26.5. The molecule has 2 atom stereocenters. The van der Waals surface area contributed by atoms with E-state index in [1.54, 1.807) is 0 Å². The van der Waals surface area contributed by atoms with Crippen molar-refractivity contribution in [3.8, 4) is 11.1 Å². The Kier molecular flexibility index (Phi) is 7.14. The molecule has 0 spiro atoms. The smallest absolute Gasteiger partial charge is 0.308 e. The van der Waals surface area contributed by atoms with Gasteiger partial charge in [0.2, 0.25) is 0 Å². The van der Waals surface area contributed by atoms with E-state index >= 15 is 0 Å². The number of nitrogens with zero attached hydrogens (tertiary/aromatic N) is 1. The lowest BCUT2D eigenvalue weighted by Crippen LogP contribution is -2.45. The lowest BCUT2D eigenvalue weighted by molar-refractivity contribution is -0.290. The van der Waals surface area contributed by atoms with Crippen molar-refractivity contribution in [1.82, 2.24) is 4.98 Å². The summed E-state index contributed by atoms with van der Waals surface area (Å²) in [5.74, 6) is -0.983. The van der Waals surface area contributed by atoms with Gasteiger partial charge in [0, 0.05) is 28.9 Å². The van der Waals surface area contributed by atoms with Crippen molar-refractivity contribution >= 4 is 22.9 Å². The van der Waals surface area contributed by atoms with Gasteiger partial charge in [0.25, 0.3) is 0 Å². The van der Waals surface area contributed by atoms with Crippen molar-refractivity contribution in [2.24, 2.45) is 0 Å². The number of halogens is 1. The van der Waals surface area contributed by atoms with Crippen molar-refractivity contribution in [3.05, 3.63) is 71.7 Å². The van der Waals surface area contributed by atoms with Crippen LogP contribution >= 0.6 is 0 Å². The first-order valence-corrected chi connectivity index (χ1v) is 13.4. The Labute approximate surface area is 224 Å². The van der Waals surface area contributed by atoms with Crippen LogP contribution in [-0.2, 0) is 19.0 Å². The van der Waals surface area contributed by atoms with Gasteiger partial charge in [0.15, 0.2) is 5.79 Å². The summed E-state index contributed by atoms with van der Waals surface area (Å²) in [5.41, 5.74) is 4.49. The van der Waals surface area contributed by atoms with Gasteiger partial charge in [-0.15, -0.1) is 0 Å². The van der Waals surface area contributed by atoms with Crippen LogP contribution in [0.5, 0.6) is 0 Å². The first-order chi connectivity index (χ1) is 18.0. The molecule has 1 aromatic heterocycles. The van der Waals surface area contributed by atoms with E-state index in [0.717, 1.165) is 46.1 Å². The molecule has 1 aliphatic carbocycles. The zero-order valence-electron chi connectivity index (χ0n) is 22.8. The number of ether oxygens (including phenoxy) is 3. The number of aromatic nitrogens is 1. The van der Waals surface area contributed by atoms with Gasteiger partial charge >= 0.3 is 5.97 Å². The first-order valence-electron chi connectivity index (χ1n) is 13.4. The second-order valence-electron chi connectivity index (χ2n) is 11.8. The standard InChI is InChI=1S/C32H36FNO4/c1-31(2,3)38-28(35)19-24-18-23(36-32(4,5)37-24)16-17-26-29(20-12-14-22(33)15-13-20)25-8-6-7-9-27(25)34-30(26)21-10-11-21/h6-9,12-17,21,23-24H,10-11,18-19H2,1-5H3/t23-,24-/m1/s1. The van der Waals surface area contributed by atoms with E-state index in [2.05, 4.69) is 18.2 Å². The molecule has 5 rings (SSSR count). The lowest BCUT2D eigenvalue weighted by Gasteiger charge is -2.39. The fourth-order valence-electron chi connectivity index (χ4n) is 5.17. The number of carbonyl (C=O) groups is 1. The van der Waals surface area contributed by atoms with Crippen LogP contribution in [0.4, 0.5) is 4.39 Å². The van der Waals surface area contributed by atoms with Crippen LogP contribution in [-0.4, -0.2) is 34.5 Å². The Bertz CT molecular complexity index is 1350. The third-order valence-electron chi connectivity index (χ3n) is 6.73. The number of para-hydroxylation sites is 1. The number of hydrogen-bond acceptors (Lipinski definition) is 5. The number of esters is 1. The molecule has 5 nitrogen and oxygen atoms in total. The zero-order valence-corrected chi connectivity index (χ0v) is 22.8. The molecule has 0 N–H and O–H groups in total. The molecule has 200 valence electrons. The van der Waals surface area contributed by atoms with Gasteiger partial charge < -0.3 is 14.2 Å². The number of rotatable bonds is 6. The van der Waals surface area contributed by atoms with Crippen LogP contribution in [0.25, 0.3) is 28.1 Å². The van der Waals surface area contributed by atoms with Crippen molar-refractivity contribution < 1.29 is 23.4 Å². The number of pyridine rings is 1. The SMILES string of the molecule is CC(C)(C)OC(=O)C[C@H]1C[C@@H](C=Cc2c(C3CC3)nc3ccccc3c2-c2ccc(F)cc2)OC(C)(C)O1. The van der Waals surface area contributed by atoms with E-state index in [9.17, 15) is 9.18 Å². The molecule has 1 saturated carbocycles. The lowest BCUT2D eigenvalue weighted by atomic mass is 9.92. The number of hydrogen-bond donors (Lipinski definition) is 0. The highest BCUT2D eigenvalue weighted by atomic mass is 19.1. The van der Waals surface area contributed by atoms with Gasteiger partial charge in [-0.1, -0.05) is 42.5 Å². The normalized spacial score (nSPS) is 21.6. The van der Waals surface area contributed by atoms with E-state index in [4.69, 9.17) is 19.2 Å². The minimum absolute atomic E-state index is 0.167. The predicted octanol–water partition coefficient (Wildman–Crippen LogP) is 7.57. The summed E-state index contributed by atoms with van der Waals surface area (Å²) in [4.78, 5) is 17.6. The molecular formula is C32H36FNO4. The van der Waals surface area contributed by atoms with Gasteiger partial charge in [-0.2, -0.15) is 0 Å². The van der Waals surface area contributed by atoms with Gasteiger partial charge in [-0.3, -0.25) is 9.78 Å². The van der Waals surface area contributed by atoms with Crippen LogP contribution in [0.2, 0.25) is 0 Å². The zero-order chi connectivity index (χ0) is 27.1. The Morgan fingerprint density at radius 1 is 1.11 bits per heavy atom. The summed E-state index contributed by atoms with van der Waals surface area (Å²) in [6.45, 7) is 9.31. The Morgan fingerprint density at radius 2 is 1.82 bits per heavy atom. The molecule has 2 aromatic carbocycles. The summed E-state index contributed by atoms with van der Waals surface area (Å²) < 4.78 is 31.7. The third-order valence-corrected chi connectivity index (χ3v) is 6.73. The maximum absolute atomic E-state index is 13.8. The second-order valence-corrected chi connectivity index (χ2v) is 11.8. The summed E-state index contributed by atoms with van der Waals surface area (Å²) in [6.07, 6.45) is 6.48. The molecule has 2 fully saturated rings. The topological polar surface area (TPSA) is 57.7 Å². The van der Waals surface area contributed by atoms with Crippen molar-refractivity contribution in [2.45, 2.75) is 89.8 Å². The highest BCUT2D eigenvalue weighted by molar-refractivity contribution is 5.99. The minimum Gasteiger partial charge on any atom is -0.460 e. The molecule has 0 bridgehead atoms. The van der Waals surface area contributed by atoms with Crippen molar-refractivity contribution in [1.29, 1.82) is 0 Å². The number of benzene rings is 2. The van der Waals surface area contributed by atoms with Crippen LogP contribution in [0, 0.1) is 5.82 Å². The van der Waals surface area contributed by atoms with E-state index in [0.29, 0.717) is 12.3 Å². The third kappa shape index (κ3) is 6.30. The summed E-state index contributed by atoms with van der Waals surface area (Å²) in [5, 5.41) is 1.03. The van der Waals surface area contributed by atoms with Gasteiger partial charge in [0.05, 0.1) is 29.8 Å². The molecule has 1 aliphatic heterocycles. The molecular weight excluding hydrogens is 481 g/mol. The number of carbonyl (C=O) groups excluding carboxylic acids is 1. The predicted molar refractivity (Wildman–Crippen MR) is 147 cm³/mol. The molecule has 0 radical (unpaired) electrons. The minimum atomic E-state index is -0.847. The van der Waals surface area contributed by atoms with Gasteiger partial charge in [0.1, 0.15) is 11.4 Å². The Hall–Kier alpha value is -3.09. The maximum atomic E-state index is 13.8. The van der Waals surface area contributed by atoms with Crippen LogP contribution in [0.3, 0.4) is 0 Å². The highest BCUT2D eigenvalue weighted by Crippen LogP contribution is 2.45. The van der Waals surface area contributed by atoms with Crippen molar-refractivity contribution in [3.63, 3.8) is 0 Å². The van der Waals surface area contributed by atoms with E-state index in [1.165, 1.54) is 12.1 Å². The molecule has 1 saturated heterocycles. The monoisotopic (exact) mass is 517 g/mol. The molecule has 2 heterocycles. The van der Waals surface area contributed by atoms with Crippen LogP contribution < -0.4 is 0 Å². The van der Waals surface area contributed by atoms with E-state index in [-0.39, 0.29) is 30.4 Å². The molecule has 6 heteroatoms. The Balaban J connectivity index is 1.51. The number of fused-ring (bicyclic) bond motifs is 1. The summed E-state index contributed by atoms with van der Waals surface area (Å²) >= 11 is 0. The van der Waals surface area contributed by atoms with Crippen LogP contribution in [0.15, 0.2) is 54.6 Å². The highest BCUT2D eigenvalue weighted by Gasteiger charge is 2.36. The quantitative estimate of drug-likeness (QED) is 0.316. The summed E-state index contributed by atoms with van der Waals surface area (Å²) in [7, 11) is 0. The van der Waals surface area contributed by atoms with Crippen molar-refractivity contribution in [2.75, 3.05) is 0 Å². The van der Waals surface area contributed by atoms with Crippen LogP contribution in [0.1, 0.15) is 77.5 Å². The molecule has 2 aliphatic rings. The fourth-order valence-corrected chi connectivity index (χ4v) is 5.17. The molecule has 0 amide bonds.